The van der Waals surface area contributed by atoms with Crippen molar-refractivity contribution in [3.05, 3.63) is 56.5 Å². The average molecular weight is 498 g/mol. The molecule has 0 aliphatic carbocycles. The molecular formula is C21H19ClF3N5O2S. The number of nitrogens with one attached hydrogen (secondary N) is 1. The Labute approximate surface area is 196 Å². The first kappa shape index (κ1) is 23.4. The highest BCUT2D eigenvalue weighted by Gasteiger charge is 2.34. The molecule has 1 aliphatic rings. The number of pyridine rings is 1. The lowest BCUT2D eigenvalue weighted by Crippen LogP contribution is -2.20. The van der Waals surface area contributed by atoms with Crippen LogP contribution in [0.5, 0.6) is 0 Å². The van der Waals surface area contributed by atoms with Gasteiger partial charge in [-0.25, -0.2) is 9.97 Å². The number of aromatic nitrogens is 4. The zero-order valence-electron chi connectivity index (χ0n) is 17.4. The molecule has 1 aliphatic heterocycles. The third kappa shape index (κ3) is 5.09. The molecule has 7 nitrogen and oxygen atoms in total. The molecule has 12 heteroatoms. The summed E-state index contributed by atoms with van der Waals surface area (Å²) in [4.78, 5) is 38.0. The van der Waals surface area contributed by atoms with Crippen molar-refractivity contribution in [1.29, 1.82) is 0 Å². The molecule has 1 atom stereocenters. The third-order valence-corrected chi connectivity index (χ3v) is 6.82. The van der Waals surface area contributed by atoms with E-state index in [-0.39, 0.29) is 30.2 Å². The fourth-order valence-electron chi connectivity index (χ4n) is 3.56. The number of rotatable bonds is 7. The number of hydrogen-bond acceptors (Lipinski definition) is 7. The molecule has 4 heterocycles. The van der Waals surface area contributed by atoms with Gasteiger partial charge in [-0.1, -0.05) is 18.5 Å². The lowest BCUT2D eigenvalue weighted by atomic mass is 10.0. The first-order valence-electron chi connectivity index (χ1n) is 10.2. The molecule has 3 aromatic heterocycles. The standard InChI is InChI=1S/C21H19ClF3N5O2S/c1-11(5-16(31)15-9-29-20-26-3-2-4-30(15)20)19-28-10-18(33-19)17(32)7-12-6-13(21(23,24)25)14(22)8-27-12/h6,8-11H,2-5,7H2,1H3,(H,26,29)/t11-/m0/s1. The van der Waals surface area contributed by atoms with E-state index in [1.165, 1.54) is 6.20 Å². The van der Waals surface area contributed by atoms with Gasteiger partial charge in [0.1, 0.15) is 5.69 Å². The number of carbonyl (C=O) groups is 2. The van der Waals surface area contributed by atoms with Crippen LogP contribution in [0.1, 0.15) is 62.1 Å². The van der Waals surface area contributed by atoms with Crippen LogP contribution in [0.4, 0.5) is 19.1 Å². The zero-order chi connectivity index (χ0) is 23.8. The highest BCUT2D eigenvalue weighted by molar-refractivity contribution is 7.13. The molecule has 3 aromatic rings. The van der Waals surface area contributed by atoms with Gasteiger partial charge in [-0.3, -0.25) is 14.6 Å². The van der Waals surface area contributed by atoms with Gasteiger partial charge in [0.05, 0.1) is 33.1 Å². The minimum Gasteiger partial charge on any atom is -0.356 e. The van der Waals surface area contributed by atoms with Gasteiger partial charge in [-0.05, 0) is 12.5 Å². The van der Waals surface area contributed by atoms with Crippen molar-refractivity contribution >= 4 is 40.5 Å². The quantitative estimate of drug-likeness (QED) is 0.461. The Balaban J connectivity index is 1.43. The summed E-state index contributed by atoms with van der Waals surface area (Å²) in [5.41, 5.74) is -0.531. The van der Waals surface area contributed by atoms with Gasteiger partial charge >= 0.3 is 6.18 Å². The number of nitrogens with zero attached hydrogens (tertiary/aromatic N) is 4. The van der Waals surface area contributed by atoms with Gasteiger partial charge < -0.3 is 9.88 Å². The topological polar surface area (TPSA) is 89.8 Å². The van der Waals surface area contributed by atoms with Gasteiger partial charge in [0.2, 0.25) is 5.95 Å². The second-order valence-corrected chi connectivity index (χ2v) is 9.21. The molecule has 0 saturated heterocycles. The Bertz CT molecular complexity index is 1210. The molecule has 0 aromatic carbocycles. The molecular weight excluding hydrogens is 479 g/mol. The smallest absolute Gasteiger partial charge is 0.356 e. The number of halogens is 4. The fraction of sp³-hybridized carbons (Fsp3) is 0.381. The van der Waals surface area contributed by atoms with Crippen molar-refractivity contribution in [3.8, 4) is 0 Å². The van der Waals surface area contributed by atoms with Gasteiger partial charge in [0.25, 0.3) is 0 Å². The molecule has 0 spiro atoms. The van der Waals surface area contributed by atoms with E-state index >= 15 is 0 Å². The predicted molar refractivity (Wildman–Crippen MR) is 117 cm³/mol. The van der Waals surface area contributed by atoms with Gasteiger partial charge in [-0.15, -0.1) is 11.3 Å². The highest BCUT2D eigenvalue weighted by Crippen LogP contribution is 2.35. The lowest BCUT2D eigenvalue weighted by Gasteiger charge is -2.17. The number of hydrogen-bond donors (Lipinski definition) is 1. The summed E-state index contributed by atoms with van der Waals surface area (Å²) in [6, 6.07) is 0.782. The van der Waals surface area contributed by atoms with Crippen LogP contribution in [-0.4, -0.2) is 37.6 Å². The molecule has 0 unspecified atom stereocenters. The minimum atomic E-state index is -4.64. The summed E-state index contributed by atoms with van der Waals surface area (Å²) in [7, 11) is 0. The number of carbonyl (C=O) groups excluding carboxylic acids is 2. The Kier molecular flexibility index (Phi) is 6.53. The van der Waals surface area contributed by atoms with E-state index in [9.17, 15) is 22.8 Å². The van der Waals surface area contributed by atoms with Crippen molar-refractivity contribution in [2.75, 3.05) is 11.9 Å². The van der Waals surface area contributed by atoms with Crippen molar-refractivity contribution in [2.24, 2.45) is 0 Å². The number of ketones is 2. The molecule has 1 N–H and O–H groups in total. The molecule has 0 amide bonds. The zero-order valence-corrected chi connectivity index (χ0v) is 19.0. The fourth-order valence-corrected chi connectivity index (χ4v) is 4.68. The second-order valence-electron chi connectivity index (χ2n) is 7.74. The summed E-state index contributed by atoms with van der Waals surface area (Å²) >= 11 is 6.70. The molecule has 174 valence electrons. The van der Waals surface area contributed by atoms with E-state index < -0.39 is 22.5 Å². The summed E-state index contributed by atoms with van der Waals surface area (Å²) in [6.07, 6.45) is -0.0116. The Morgan fingerprint density at radius 2 is 2.00 bits per heavy atom. The lowest BCUT2D eigenvalue weighted by molar-refractivity contribution is -0.137. The van der Waals surface area contributed by atoms with E-state index in [2.05, 4.69) is 20.3 Å². The van der Waals surface area contributed by atoms with Crippen LogP contribution in [0.2, 0.25) is 5.02 Å². The molecule has 0 bridgehead atoms. The van der Waals surface area contributed by atoms with Crippen molar-refractivity contribution in [1.82, 2.24) is 19.5 Å². The second kappa shape index (κ2) is 9.22. The number of alkyl halides is 3. The third-order valence-electron chi connectivity index (χ3n) is 5.25. The van der Waals surface area contributed by atoms with Crippen molar-refractivity contribution in [2.45, 2.75) is 44.8 Å². The maximum absolute atomic E-state index is 13.0. The van der Waals surface area contributed by atoms with E-state index in [0.717, 1.165) is 43.1 Å². The Hall–Kier alpha value is -2.79. The molecule has 0 radical (unpaired) electrons. The number of anilines is 1. The van der Waals surface area contributed by atoms with Gasteiger partial charge in [0.15, 0.2) is 11.6 Å². The molecule has 0 fully saturated rings. The summed E-state index contributed by atoms with van der Waals surface area (Å²) < 4.78 is 41.0. The number of thiazole rings is 1. The summed E-state index contributed by atoms with van der Waals surface area (Å²) in [5.74, 6) is -0.0321. The maximum Gasteiger partial charge on any atom is 0.417 e. The van der Waals surface area contributed by atoms with Gasteiger partial charge in [-0.2, -0.15) is 13.2 Å². The Morgan fingerprint density at radius 1 is 1.21 bits per heavy atom. The summed E-state index contributed by atoms with van der Waals surface area (Å²) in [6.45, 7) is 3.38. The van der Waals surface area contributed by atoms with E-state index in [1.807, 2.05) is 11.5 Å². The van der Waals surface area contributed by atoms with E-state index in [0.29, 0.717) is 21.5 Å². The van der Waals surface area contributed by atoms with E-state index in [4.69, 9.17) is 11.6 Å². The minimum absolute atomic E-state index is 0.0333. The largest absolute Gasteiger partial charge is 0.417 e. The van der Waals surface area contributed by atoms with Crippen LogP contribution >= 0.6 is 22.9 Å². The highest BCUT2D eigenvalue weighted by atomic mass is 35.5. The number of fused-ring (bicyclic) bond motifs is 1. The molecule has 4 rings (SSSR count). The predicted octanol–water partition coefficient (Wildman–Crippen LogP) is 5.02. The van der Waals surface area contributed by atoms with Crippen LogP contribution in [0.25, 0.3) is 0 Å². The number of imidazole rings is 1. The molecule has 33 heavy (non-hydrogen) atoms. The van der Waals surface area contributed by atoms with Crippen LogP contribution in [-0.2, 0) is 19.1 Å². The van der Waals surface area contributed by atoms with Crippen LogP contribution in [0.15, 0.2) is 24.7 Å². The van der Waals surface area contributed by atoms with Gasteiger partial charge in [0, 0.05) is 43.5 Å². The van der Waals surface area contributed by atoms with Crippen molar-refractivity contribution in [3.63, 3.8) is 0 Å². The van der Waals surface area contributed by atoms with E-state index in [1.54, 1.807) is 6.20 Å². The van der Waals surface area contributed by atoms with Crippen LogP contribution < -0.4 is 5.32 Å². The average Bonchev–Trinajstić information content (AvgIpc) is 3.42. The maximum atomic E-state index is 13.0. The van der Waals surface area contributed by atoms with Crippen molar-refractivity contribution < 1.29 is 22.8 Å². The van der Waals surface area contributed by atoms with Crippen LogP contribution in [0, 0.1) is 0 Å². The SMILES string of the molecule is C[C@@H](CC(=O)c1cnc2n1CCCN2)c1ncc(C(=O)Cc2cc(C(F)(F)F)c(Cl)cn2)s1. The monoisotopic (exact) mass is 497 g/mol. The van der Waals surface area contributed by atoms with Crippen LogP contribution in [0.3, 0.4) is 0 Å². The molecule has 0 saturated carbocycles. The first-order valence-corrected chi connectivity index (χ1v) is 11.4. The normalized spacial score (nSPS) is 14.5. The summed E-state index contributed by atoms with van der Waals surface area (Å²) in [5, 5.41) is 3.23. The Morgan fingerprint density at radius 3 is 2.76 bits per heavy atom. The number of Topliss-reactive ketones (excluding diaryl/α,β-unsaturated/α-hetero) is 2. The first-order chi connectivity index (χ1) is 15.6.